The molecule has 4 N–H and O–H groups in total. The van der Waals surface area contributed by atoms with Crippen LogP contribution in [0.3, 0.4) is 0 Å². The highest BCUT2D eigenvalue weighted by Crippen LogP contribution is 2.41. The summed E-state index contributed by atoms with van der Waals surface area (Å²) in [5.74, 6) is 0. The van der Waals surface area contributed by atoms with Gasteiger partial charge in [0, 0.05) is 13.3 Å². The molecule has 0 aromatic carbocycles. The van der Waals surface area contributed by atoms with Crippen LogP contribution in [-0.2, 0) is 15.1 Å². The Kier molecular flexibility index (Phi) is 3.50. The van der Waals surface area contributed by atoms with E-state index in [1.54, 1.807) is 18.2 Å². The largest absolute Gasteiger partial charge is 0.397 e. The number of aromatic nitrogens is 2. The van der Waals surface area contributed by atoms with Crippen molar-refractivity contribution in [2.75, 3.05) is 19.5 Å². The predicted molar refractivity (Wildman–Crippen MR) is 75.7 cm³/mol. The third-order valence-corrected chi connectivity index (χ3v) is 4.00. The molecule has 0 aliphatic carbocycles. The van der Waals surface area contributed by atoms with Gasteiger partial charge < -0.3 is 25.4 Å². The van der Waals surface area contributed by atoms with Gasteiger partial charge in [0.05, 0.1) is 23.5 Å². The molecule has 1 fully saturated rings. The highest BCUT2D eigenvalue weighted by molar-refractivity contribution is 5.69. The van der Waals surface area contributed by atoms with Gasteiger partial charge in [-0.05, 0) is 18.2 Å². The molecule has 116 valence electrons. The van der Waals surface area contributed by atoms with Crippen LogP contribution in [-0.4, -0.2) is 51.9 Å². The summed E-state index contributed by atoms with van der Waals surface area (Å²) >= 11 is 0. The van der Waals surface area contributed by atoms with Crippen LogP contribution < -0.4 is 5.73 Å². The summed E-state index contributed by atoms with van der Waals surface area (Å²) in [6, 6.07) is 7.08. The molecule has 8 heteroatoms. The van der Waals surface area contributed by atoms with E-state index >= 15 is 0 Å². The molecule has 3 rings (SSSR count). The van der Waals surface area contributed by atoms with Gasteiger partial charge in [-0.1, -0.05) is 0 Å². The summed E-state index contributed by atoms with van der Waals surface area (Å²) in [4.78, 5) is 0. The minimum Gasteiger partial charge on any atom is -0.397 e. The summed E-state index contributed by atoms with van der Waals surface area (Å²) in [6.07, 6.45) is -1.51. The molecule has 2 aromatic rings. The van der Waals surface area contributed by atoms with E-state index in [0.717, 1.165) is 0 Å². The SMILES string of the molecule is CO[C@@H]1[C@H](O)[C@@H](CO)O[C@@]1(C#N)c1ccc2c(N)ccnn12. The van der Waals surface area contributed by atoms with Crippen LogP contribution in [0.1, 0.15) is 5.69 Å². The molecule has 1 saturated heterocycles. The molecule has 0 radical (unpaired) electrons. The Morgan fingerprint density at radius 3 is 2.95 bits per heavy atom. The maximum absolute atomic E-state index is 10.2. The van der Waals surface area contributed by atoms with E-state index < -0.39 is 30.5 Å². The number of methoxy groups -OCH3 is 1. The monoisotopic (exact) mass is 304 g/mol. The van der Waals surface area contributed by atoms with E-state index in [1.165, 1.54) is 17.8 Å². The van der Waals surface area contributed by atoms with E-state index in [-0.39, 0.29) is 0 Å². The lowest BCUT2D eigenvalue weighted by Crippen LogP contribution is -2.42. The average molecular weight is 304 g/mol. The number of aliphatic hydroxyl groups excluding tert-OH is 2. The van der Waals surface area contributed by atoms with Crippen molar-refractivity contribution < 1.29 is 19.7 Å². The minimum absolute atomic E-state index is 0.388. The molecule has 1 aliphatic heterocycles. The van der Waals surface area contributed by atoms with Crippen LogP contribution in [0.5, 0.6) is 0 Å². The number of aliphatic hydroxyl groups is 2. The quantitative estimate of drug-likeness (QED) is 0.691. The lowest BCUT2D eigenvalue weighted by Gasteiger charge is -2.26. The van der Waals surface area contributed by atoms with Crippen molar-refractivity contribution in [1.29, 1.82) is 5.26 Å². The van der Waals surface area contributed by atoms with Crippen molar-refractivity contribution >= 4 is 11.2 Å². The van der Waals surface area contributed by atoms with E-state index in [0.29, 0.717) is 16.9 Å². The van der Waals surface area contributed by atoms with E-state index in [9.17, 15) is 15.5 Å². The zero-order chi connectivity index (χ0) is 15.9. The first-order valence-electron chi connectivity index (χ1n) is 6.72. The molecule has 0 amide bonds. The summed E-state index contributed by atoms with van der Waals surface area (Å²) in [5.41, 5.74) is 5.81. The number of ether oxygens (including phenoxy) is 2. The standard InChI is InChI=1S/C14H16N4O4/c1-21-13-12(20)10(6-19)22-14(13,7-15)11-3-2-9-8(16)4-5-17-18(9)11/h2-5,10,12-13,19-20H,6,16H2,1H3/t10-,12-,13-,14+/m1/s1. The lowest BCUT2D eigenvalue weighted by molar-refractivity contribution is -0.0726. The van der Waals surface area contributed by atoms with E-state index in [2.05, 4.69) is 11.2 Å². The minimum atomic E-state index is -1.59. The Bertz CT molecular complexity index is 740. The molecule has 0 spiro atoms. The molecule has 3 heterocycles. The second-order valence-corrected chi connectivity index (χ2v) is 5.14. The summed E-state index contributed by atoms with van der Waals surface area (Å²) < 4.78 is 12.4. The van der Waals surface area contributed by atoms with Crippen LogP contribution in [0, 0.1) is 11.3 Å². The molecule has 4 atom stereocenters. The number of anilines is 1. The Hall–Kier alpha value is -2.18. The zero-order valence-corrected chi connectivity index (χ0v) is 11.9. The summed E-state index contributed by atoms with van der Waals surface area (Å²) in [6.45, 7) is -0.427. The number of nitriles is 1. The van der Waals surface area contributed by atoms with Crippen molar-refractivity contribution in [3.05, 3.63) is 30.1 Å². The number of fused-ring (bicyclic) bond motifs is 1. The Labute approximate surface area is 126 Å². The first kappa shape index (κ1) is 14.7. The van der Waals surface area contributed by atoms with E-state index in [4.69, 9.17) is 15.2 Å². The molecular weight excluding hydrogens is 288 g/mol. The fourth-order valence-electron chi connectivity index (χ4n) is 2.93. The Morgan fingerprint density at radius 2 is 2.32 bits per heavy atom. The van der Waals surface area contributed by atoms with Crippen molar-refractivity contribution in [2.24, 2.45) is 0 Å². The van der Waals surface area contributed by atoms with Gasteiger partial charge in [-0.15, -0.1) is 0 Å². The highest BCUT2D eigenvalue weighted by Gasteiger charge is 2.58. The number of hydrogen-bond donors (Lipinski definition) is 3. The third kappa shape index (κ3) is 1.81. The Balaban J connectivity index is 2.21. The number of rotatable bonds is 3. The van der Waals surface area contributed by atoms with Crippen molar-refractivity contribution in [2.45, 2.75) is 23.9 Å². The smallest absolute Gasteiger partial charge is 0.225 e. The normalized spacial score (nSPS) is 31.5. The molecule has 0 unspecified atom stereocenters. The van der Waals surface area contributed by atoms with Crippen molar-refractivity contribution in [1.82, 2.24) is 9.61 Å². The molecule has 1 aliphatic rings. The number of hydrogen-bond acceptors (Lipinski definition) is 7. The predicted octanol–water partition coefficient (Wildman–Crippen LogP) is -0.598. The van der Waals surface area contributed by atoms with Gasteiger partial charge >= 0.3 is 0 Å². The topological polar surface area (TPSA) is 126 Å². The second kappa shape index (κ2) is 5.23. The number of nitrogens with zero attached hydrogens (tertiary/aromatic N) is 3. The molecule has 0 bridgehead atoms. The molecule has 0 saturated carbocycles. The van der Waals surface area contributed by atoms with Gasteiger partial charge in [0.25, 0.3) is 0 Å². The lowest BCUT2D eigenvalue weighted by atomic mass is 9.92. The van der Waals surface area contributed by atoms with Crippen LogP contribution >= 0.6 is 0 Å². The van der Waals surface area contributed by atoms with Crippen LogP contribution in [0.4, 0.5) is 5.69 Å². The average Bonchev–Trinajstić information content (AvgIpc) is 3.07. The molecule has 8 nitrogen and oxygen atoms in total. The van der Waals surface area contributed by atoms with Gasteiger partial charge in [-0.25, -0.2) is 4.52 Å². The fourth-order valence-corrected chi connectivity index (χ4v) is 2.93. The highest BCUT2D eigenvalue weighted by atomic mass is 16.6. The molecule has 2 aromatic heterocycles. The third-order valence-electron chi connectivity index (χ3n) is 4.00. The first-order chi connectivity index (χ1) is 10.6. The van der Waals surface area contributed by atoms with Crippen LogP contribution in [0.2, 0.25) is 0 Å². The van der Waals surface area contributed by atoms with Crippen LogP contribution in [0.15, 0.2) is 24.4 Å². The van der Waals surface area contributed by atoms with Gasteiger partial charge in [-0.2, -0.15) is 10.4 Å². The van der Waals surface area contributed by atoms with Crippen molar-refractivity contribution in [3.8, 4) is 6.07 Å². The maximum atomic E-state index is 10.2. The summed E-state index contributed by atoms with van der Waals surface area (Å²) in [7, 11) is 1.38. The zero-order valence-electron chi connectivity index (χ0n) is 11.9. The van der Waals surface area contributed by atoms with Gasteiger partial charge in [0.1, 0.15) is 24.4 Å². The Morgan fingerprint density at radius 1 is 1.55 bits per heavy atom. The van der Waals surface area contributed by atoms with Gasteiger partial charge in [0.15, 0.2) is 0 Å². The number of nitrogen functional groups attached to an aromatic ring is 1. The molecular formula is C14H16N4O4. The molecule has 22 heavy (non-hydrogen) atoms. The maximum Gasteiger partial charge on any atom is 0.225 e. The van der Waals surface area contributed by atoms with E-state index in [1.807, 2.05) is 0 Å². The first-order valence-corrected chi connectivity index (χ1v) is 6.72. The second-order valence-electron chi connectivity index (χ2n) is 5.14. The summed E-state index contributed by atoms with van der Waals surface area (Å²) in [5, 5.41) is 33.5. The fraction of sp³-hybridized carbons (Fsp3) is 0.429. The van der Waals surface area contributed by atoms with Crippen molar-refractivity contribution in [3.63, 3.8) is 0 Å². The number of nitrogens with two attached hydrogens (primary N) is 1. The van der Waals surface area contributed by atoms with Gasteiger partial charge in [0.2, 0.25) is 5.60 Å². The van der Waals surface area contributed by atoms with Gasteiger partial charge in [-0.3, -0.25) is 0 Å². The van der Waals surface area contributed by atoms with Crippen LogP contribution in [0.25, 0.3) is 5.52 Å².